The number of β-amino-alcohol motifs (C(OH)–C–C–N with tert-alkyl or cyclic N) is 1. The Morgan fingerprint density at radius 2 is 1.90 bits per heavy atom. The summed E-state index contributed by atoms with van der Waals surface area (Å²) in [5.41, 5.74) is 5.87. The number of halogens is 1. The van der Waals surface area contributed by atoms with Crippen LogP contribution in [-0.2, 0) is 14.9 Å². The molecule has 30 heavy (non-hydrogen) atoms. The number of aromatic nitrogens is 1. The Morgan fingerprint density at radius 3 is 2.43 bits per heavy atom. The lowest BCUT2D eigenvalue weighted by Crippen LogP contribution is -2.49. The van der Waals surface area contributed by atoms with Crippen LogP contribution in [0.2, 0.25) is 0 Å². The van der Waals surface area contributed by atoms with Gasteiger partial charge in [-0.15, -0.1) is 0 Å². The highest BCUT2D eigenvalue weighted by Gasteiger charge is 2.27. The summed E-state index contributed by atoms with van der Waals surface area (Å²) in [6.07, 6.45) is 2.47. The number of amides is 1. The summed E-state index contributed by atoms with van der Waals surface area (Å²) in [5.74, 6) is -1.38. The Bertz CT molecular complexity index is 1000. The van der Waals surface area contributed by atoms with Gasteiger partial charge in [-0.25, -0.2) is 4.39 Å². The van der Waals surface area contributed by atoms with Crippen molar-refractivity contribution in [2.45, 2.75) is 63.1 Å². The van der Waals surface area contributed by atoms with Crippen LogP contribution in [0.3, 0.4) is 0 Å². The highest BCUT2D eigenvalue weighted by molar-refractivity contribution is 7.86. The first-order valence-electron chi connectivity index (χ1n) is 9.67. The third kappa shape index (κ3) is 6.18. The molecule has 0 saturated carbocycles. The average molecular weight is 442 g/mol. The van der Waals surface area contributed by atoms with Crippen LogP contribution in [0, 0.1) is 12.7 Å². The Hall–Kier alpha value is -2.14. The van der Waals surface area contributed by atoms with E-state index in [0.29, 0.717) is 24.3 Å². The summed E-state index contributed by atoms with van der Waals surface area (Å²) in [5, 5.41) is 9.60. The van der Waals surface area contributed by atoms with Crippen LogP contribution >= 0.6 is 0 Å². The fraction of sp³-hybridized carbons (Fsp3) is 0.500. The van der Waals surface area contributed by atoms with Crippen LogP contribution in [0.5, 0.6) is 0 Å². The summed E-state index contributed by atoms with van der Waals surface area (Å²) < 4.78 is 44.2. The molecule has 0 spiro atoms. The molecular formula is C20H28FN3O5S. The molecule has 1 saturated heterocycles. The molecule has 0 unspecified atom stereocenters. The van der Waals surface area contributed by atoms with Crippen molar-refractivity contribution < 1.29 is 27.3 Å². The highest BCUT2D eigenvalue weighted by atomic mass is 32.2. The average Bonchev–Trinajstić information content (AvgIpc) is 2.63. The van der Waals surface area contributed by atoms with Gasteiger partial charge in [-0.1, -0.05) is 6.42 Å². The first-order valence-corrected chi connectivity index (χ1v) is 11.1. The number of hydrogen-bond donors (Lipinski definition) is 3. The van der Waals surface area contributed by atoms with Gasteiger partial charge >= 0.3 is 0 Å². The highest BCUT2D eigenvalue weighted by Crippen LogP contribution is 2.24. The van der Waals surface area contributed by atoms with Crippen molar-refractivity contribution >= 4 is 26.9 Å². The Labute approximate surface area is 175 Å². The van der Waals surface area contributed by atoms with Gasteiger partial charge in [0.15, 0.2) is 0 Å². The maximum atomic E-state index is 13.1. The molecule has 1 amide bonds. The van der Waals surface area contributed by atoms with E-state index < -0.39 is 32.8 Å². The molecule has 3 atom stereocenters. The lowest BCUT2D eigenvalue weighted by molar-refractivity contribution is -0.127. The minimum atomic E-state index is -4.44. The lowest BCUT2D eigenvalue weighted by atomic mass is 9.97. The minimum Gasteiger partial charge on any atom is -0.382 e. The molecule has 4 N–H and O–H groups in total. The van der Waals surface area contributed by atoms with E-state index in [1.165, 1.54) is 12.5 Å². The van der Waals surface area contributed by atoms with Crippen LogP contribution < -0.4 is 5.73 Å². The number of aryl methyl sites for hydroxylation is 1. The second-order valence-electron chi connectivity index (χ2n) is 7.64. The lowest BCUT2D eigenvalue weighted by Gasteiger charge is -2.39. The Kier molecular flexibility index (Phi) is 7.87. The van der Waals surface area contributed by atoms with Crippen LogP contribution in [-0.4, -0.2) is 58.6 Å². The number of hydrogen-bond acceptors (Lipinski definition) is 6. The Morgan fingerprint density at radius 1 is 1.30 bits per heavy atom. The van der Waals surface area contributed by atoms with Crippen LogP contribution in [0.15, 0.2) is 29.2 Å². The molecule has 2 heterocycles. The molecule has 0 bridgehead atoms. The van der Waals surface area contributed by atoms with E-state index in [0.717, 1.165) is 25.0 Å². The summed E-state index contributed by atoms with van der Waals surface area (Å²) >= 11 is 0. The zero-order chi connectivity index (χ0) is 22.6. The maximum Gasteiger partial charge on any atom is 0.295 e. The van der Waals surface area contributed by atoms with Crippen molar-refractivity contribution in [1.29, 1.82) is 0 Å². The van der Waals surface area contributed by atoms with Gasteiger partial charge in [-0.2, -0.15) is 8.42 Å². The number of pyridine rings is 1. The fourth-order valence-electron chi connectivity index (χ4n) is 3.61. The second kappa shape index (κ2) is 9.78. The van der Waals surface area contributed by atoms with Gasteiger partial charge in [0.25, 0.3) is 10.1 Å². The molecule has 8 nitrogen and oxygen atoms in total. The zero-order valence-corrected chi connectivity index (χ0v) is 18.1. The number of likely N-dealkylation sites (tertiary alicyclic amines) is 1. The number of carbonyl (C=O) groups is 1. The van der Waals surface area contributed by atoms with Gasteiger partial charge in [0.2, 0.25) is 5.91 Å². The van der Waals surface area contributed by atoms with Gasteiger partial charge in [0, 0.05) is 35.8 Å². The smallest absolute Gasteiger partial charge is 0.295 e. The third-order valence-electron chi connectivity index (χ3n) is 5.24. The van der Waals surface area contributed by atoms with Gasteiger partial charge in [0.1, 0.15) is 16.8 Å². The second-order valence-corrected chi connectivity index (χ2v) is 9.03. The van der Waals surface area contributed by atoms with E-state index in [1.807, 2.05) is 0 Å². The topological polar surface area (TPSA) is 134 Å². The molecule has 10 heteroatoms. The van der Waals surface area contributed by atoms with Crippen molar-refractivity contribution in [2.24, 2.45) is 5.73 Å². The number of piperidine rings is 1. The molecule has 1 fully saturated rings. The molecule has 2 aromatic rings. The van der Waals surface area contributed by atoms with Crippen LogP contribution in [0.25, 0.3) is 10.9 Å². The van der Waals surface area contributed by atoms with Crippen molar-refractivity contribution in [3.05, 3.63) is 35.8 Å². The number of primary amides is 1. The molecule has 166 valence electrons. The number of nitrogens with two attached hydrogens (primary N) is 1. The quantitative estimate of drug-likeness (QED) is 0.618. The van der Waals surface area contributed by atoms with E-state index >= 15 is 0 Å². The molecule has 1 aromatic carbocycles. The van der Waals surface area contributed by atoms with Gasteiger partial charge in [-0.05, 0) is 51.8 Å². The zero-order valence-electron chi connectivity index (χ0n) is 17.2. The normalized spacial score (nSPS) is 21.0. The monoisotopic (exact) mass is 441 g/mol. The standard InChI is InChI=1S/C10H8FNO3S.C10H20N2O2/c1-6-2-3-8-9(12-6)4-7(11)5-10(8)16(13,14)15;1-7-4-3-5-8(2)12(7)6-9(13)10(11)14/h2-5H,1H3,(H,13,14,15);7-9,13H,3-6H2,1-2H3,(H2,11,14)/t;7-,8+,9-/m.1/s1. The van der Waals surface area contributed by atoms with Crippen molar-refractivity contribution in [2.75, 3.05) is 6.54 Å². The summed E-state index contributed by atoms with van der Waals surface area (Å²) in [6.45, 7) is 6.34. The first kappa shape index (κ1) is 24.1. The van der Waals surface area contributed by atoms with Crippen LogP contribution in [0.4, 0.5) is 4.39 Å². The minimum absolute atomic E-state index is 0.202. The molecule has 3 rings (SSSR count). The molecule has 1 aliphatic heterocycles. The maximum absolute atomic E-state index is 13.1. The number of nitrogens with zero attached hydrogens (tertiary/aromatic N) is 2. The number of carbonyl (C=O) groups excluding carboxylic acids is 1. The number of rotatable bonds is 4. The van der Waals surface area contributed by atoms with Crippen molar-refractivity contribution in [3.63, 3.8) is 0 Å². The molecule has 1 aromatic heterocycles. The molecule has 1 aliphatic rings. The molecule has 0 radical (unpaired) electrons. The van der Waals surface area contributed by atoms with Gasteiger partial charge in [0.05, 0.1) is 5.52 Å². The van der Waals surface area contributed by atoms with Gasteiger partial charge < -0.3 is 10.8 Å². The van der Waals surface area contributed by atoms with Crippen molar-refractivity contribution in [3.8, 4) is 0 Å². The number of aliphatic hydroxyl groups excluding tert-OH is 1. The van der Waals surface area contributed by atoms with Crippen LogP contribution in [0.1, 0.15) is 38.8 Å². The Balaban J connectivity index is 0.000000216. The first-order chi connectivity index (χ1) is 13.9. The number of fused-ring (bicyclic) bond motifs is 1. The predicted octanol–water partition coefficient (Wildman–Crippen LogP) is 2.02. The van der Waals surface area contributed by atoms with E-state index in [9.17, 15) is 22.7 Å². The van der Waals surface area contributed by atoms with Crippen molar-refractivity contribution in [1.82, 2.24) is 9.88 Å². The van der Waals surface area contributed by atoms with E-state index in [-0.39, 0.29) is 10.9 Å². The van der Waals surface area contributed by atoms with E-state index in [1.54, 1.807) is 13.0 Å². The number of benzene rings is 1. The molecule has 0 aliphatic carbocycles. The summed E-state index contributed by atoms with van der Waals surface area (Å²) in [4.78, 5) is 16.4. The van der Waals surface area contributed by atoms with E-state index in [4.69, 9.17) is 10.3 Å². The fourth-order valence-corrected chi connectivity index (χ4v) is 4.32. The van der Waals surface area contributed by atoms with E-state index in [2.05, 4.69) is 23.7 Å². The predicted molar refractivity (Wildman–Crippen MR) is 111 cm³/mol. The SMILES string of the molecule is C[C@@H]1CCC[C@H](C)N1C[C@@H](O)C(N)=O.Cc1ccc2c(S(=O)(=O)O)cc(F)cc2n1. The largest absolute Gasteiger partial charge is 0.382 e. The summed E-state index contributed by atoms with van der Waals surface area (Å²) in [7, 11) is -4.44. The third-order valence-corrected chi connectivity index (χ3v) is 6.13. The number of aliphatic hydroxyl groups is 1. The summed E-state index contributed by atoms with van der Waals surface area (Å²) in [6, 6.07) is 5.85. The van der Waals surface area contributed by atoms with Gasteiger partial charge in [-0.3, -0.25) is 19.2 Å². The molecular weight excluding hydrogens is 413 g/mol.